The van der Waals surface area contributed by atoms with Gasteiger partial charge in [-0.3, -0.25) is 9.69 Å². The van der Waals surface area contributed by atoms with Gasteiger partial charge >= 0.3 is 6.09 Å². The molecule has 1 amide bonds. The molecule has 2 rings (SSSR count). The smallest absolute Gasteiger partial charge is 0.410 e. The minimum atomic E-state index is -0.562. The maximum Gasteiger partial charge on any atom is 0.410 e. The van der Waals surface area contributed by atoms with E-state index < -0.39 is 17.7 Å². The molecule has 5 heteroatoms. The zero-order valence-corrected chi connectivity index (χ0v) is 13.6. The van der Waals surface area contributed by atoms with Gasteiger partial charge < -0.3 is 9.47 Å². The summed E-state index contributed by atoms with van der Waals surface area (Å²) < 4.78 is 10.5. The number of carbonyl (C=O) groups is 2. The molecule has 1 saturated heterocycles. The third kappa shape index (κ3) is 4.00. The van der Waals surface area contributed by atoms with Gasteiger partial charge in [0.1, 0.15) is 11.4 Å². The summed E-state index contributed by atoms with van der Waals surface area (Å²) in [7, 11) is 1.61. The molecule has 1 fully saturated rings. The summed E-state index contributed by atoms with van der Waals surface area (Å²) in [5.41, 5.74) is 0.433. The van der Waals surface area contributed by atoms with E-state index in [9.17, 15) is 9.59 Å². The predicted octanol–water partition coefficient (Wildman–Crippen LogP) is 2.82. The molecule has 1 aromatic carbocycles. The van der Waals surface area contributed by atoms with Crippen LogP contribution in [0.4, 0.5) is 4.79 Å². The van der Waals surface area contributed by atoms with Crippen molar-refractivity contribution in [2.24, 2.45) is 0 Å². The molecule has 1 heterocycles. The molecule has 0 N–H and O–H groups in total. The van der Waals surface area contributed by atoms with Crippen LogP contribution in [-0.4, -0.2) is 42.1 Å². The predicted molar refractivity (Wildman–Crippen MR) is 83.1 cm³/mol. The average Bonchev–Trinajstić information content (AvgIpc) is 2.79. The molecule has 0 radical (unpaired) electrons. The molecule has 22 heavy (non-hydrogen) atoms. The Morgan fingerprint density at radius 1 is 1.27 bits per heavy atom. The molecule has 5 nitrogen and oxygen atoms in total. The van der Waals surface area contributed by atoms with Crippen molar-refractivity contribution in [2.75, 3.05) is 13.7 Å². The molecule has 0 spiro atoms. The highest BCUT2D eigenvalue weighted by molar-refractivity contribution is 5.91. The highest BCUT2D eigenvalue weighted by Crippen LogP contribution is 2.22. The number of nitrogens with zero attached hydrogens (tertiary/aromatic N) is 1. The van der Waals surface area contributed by atoms with Gasteiger partial charge in [-0.05, 0) is 38.5 Å². The maximum atomic E-state index is 12.2. The molecule has 1 aliphatic rings. The monoisotopic (exact) mass is 305 g/mol. The van der Waals surface area contributed by atoms with Gasteiger partial charge in [0, 0.05) is 19.4 Å². The third-order valence-electron chi connectivity index (χ3n) is 3.56. The molecule has 0 saturated carbocycles. The van der Waals surface area contributed by atoms with E-state index >= 15 is 0 Å². The van der Waals surface area contributed by atoms with E-state index in [4.69, 9.17) is 9.47 Å². The first kappa shape index (κ1) is 16.3. The molecule has 120 valence electrons. The highest BCUT2D eigenvalue weighted by Gasteiger charge is 2.37. The van der Waals surface area contributed by atoms with Gasteiger partial charge in [0.2, 0.25) is 0 Å². The number of Topliss-reactive ketones (excluding diaryl/α,β-unsaturated/α-hetero) is 1. The molecule has 0 aliphatic carbocycles. The second-order valence-corrected chi connectivity index (χ2v) is 6.46. The zero-order valence-electron chi connectivity index (χ0n) is 13.6. The van der Waals surface area contributed by atoms with Crippen LogP contribution < -0.4 is 4.74 Å². The summed E-state index contributed by atoms with van der Waals surface area (Å²) in [6, 6.07) is 7.09. The number of carbonyl (C=O) groups excluding carboxylic acids is 2. The zero-order chi connectivity index (χ0) is 16.3. The molecular weight excluding hydrogens is 282 g/mol. The fourth-order valence-corrected chi connectivity index (χ4v) is 2.47. The SMILES string of the molecule is COc1ccc(C[C@@H]2C(=O)CCN2C(=O)OC(C)(C)C)cc1. The minimum Gasteiger partial charge on any atom is -0.497 e. The number of likely N-dealkylation sites (tertiary alicyclic amines) is 1. The Balaban J connectivity index is 2.08. The Kier molecular flexibility index (Phi) is 4.74. The van der Waals surface area contributed by atoms with E-state index in [-0.39, 0.29) is 5.78 Å². The normalized spacial score (nSPS) is 18.5. The lowest BCUT2D eigenvalue weighted by molar-refractivity contribution is -0.119. The second kappa shape index (κ2) is 6.38. The van der Waals surface area contributed by atoms with Crippen molar-refractivity contribution >= 4 is 11.9 Å². The topological polar surface area (TPSA) is 55.8 Å². The molecule has 0 aromatic heterocycles. The molecule has 1 aromatic rings. The largest absolute Gasteiger partial charge is 0.497 e. The lowest BCUT2D eigenvalue weighted by Gasteiger charge is -2.27. The molecular formula is C17H23NO4. The van der Waals surface area contributed by atoms with Gasteiger partial charge in [0.05, 0.1) is 13.2 Å². The van der Waals surface area contributed by atoms with Gasteiger partial charge in [-0.2, -0.15) is 0 Å². The number of hydrogen-bond donors (Lipinski definition) is 0. The minimum absolute atomic E-state index is 0.0849. The van der Waals surface area contributed by atoms with Crippen LogP contribution in [0.2, 0.25) is 0 Å². The lowest BCUT2D eigenvalue weighted by atomic mass is 10.0. The quantitative estimate of drug-likeness (QED) is 0.861. The Morgan fingerprint density at radius 3 is 2.45 bits per heavy atom. The Labute approximate surface area is 131 Å². The van der Waals surface area contributed by atoms with Gasteiger partial charge in [-0.1, -0.05) is 12.1 Å². The van der Waals surface area contributed by atoms with Crippen LogP contribution in [-0.2, 0) is 16.0 Å². The fraction of sp³-hybridized carbons (Fsp3) is 0.529. The summed E-state index contributed by atoms with van der Waals surface area (Å²) in [5.74, 6) is 0.854. The van der Waals surface area contributed by atoms with Crippen molar-refractivity contribution in [1.29, 1.82) is 0 Å². The van der Waals surface area contributed by atoms with Crippen molar-refractivity contribution in [3.63, 3.8) is 0 Å². The first-order valence-electron chi connectivity index (χ1n) is 7.45. The first-order chi connectivity index (χ1) is 10.3. The van der Waals surface area contributed by atoms with Crippen LogP contribution >= 0.6 is 0 Å². The Hall–Kier alpha value is -2.04. The summed E-state index contributed by atoms with van der Waals surface area (Å²) in [5, 5.41) is 0. The Bertz CT molecular complexity index is 545. The van der Waals surface area contributed by atoms with Gasteiger partial charge in [-0.25, -0.2) is 4.79 Å². The van der Waals surface area contributed by atoms with Gasteiger partial charge in [-0.15, -0.1) is 0 Å². The summed E-state index contributed by atoms with van der Waals surface area (Å²) in [6.45, 7) is 5.89. The van der Waals surface area contributed by atoms with E-state index in [1.807, 2.05) is 45.0 Å². The summed E-state index contributed by atoms with van der Waals surface area (Å²) in [4.78, 5) is 25.9. The highest BCUT2D eigenvalue weighted by atomic mass is 16.6. The van der Waals surface area contributed by atoms with Crippen LogP contribution in [0.1, 0.15) is 32.8 Å². The van der Waals surface area contributed by atoms with E-state index in [0.717, 1.165) is 11.3 Å². The van der Waals surface area contributed by atoms with Gasteiger partial charge in [0.25, 0.3) is 0 Å². The third-order valence-corrected chi connectivity index (χ3v) is 3.56. The van der Waals surface area contributed by atoms with E-state index in [1.54, 1.807) is 7.11 Å². The number of methoxy groups -OCH3 is 1. The van der Waals surface area contributed by atoms with Crippen molar-refractivity contribution in [3.8, 4) is 5.75 Å². The van der Waals surface area contributed by atoms with E-state index in [2.05, 4.69) is 0 Å². The van der Waals surface area contributed by atoms with Crippen LogP contribution in [0.25, 0.3) is 0 Å². The number of amides is 1. The Morgan fingerprint density at radius 2 is 1.91 bits per heavy atom. The summed E-state index contributed by atoms with van der Waals surface area (Å²) >= 11 is 0. The number of ketones is 1. The molecule has 1 atom stereocenters. The first-order valence-corrected chi connectivity index (χ1v) is 7.45. The number of rotatable bonds is 3. The average molecular weight is 305 g/mol. The molecule has 0 bridgehead atoms. The summed E-state index contributed by atoms with van der Waals surface area (Å²) in [6.07, 6.45) is 0.471. The van der Waals surface area contributed by atoms with Crippen molar-refractivity contribution in [3.05, 3.63) is 29.8 Å². The van der Waals surface area contributed by atoms with Crippen LogP contribution in [0, 0.1) is 0 Å². The van der Waals surface area contributed by atoms with Crippen LogP contribution in [0.15, 0.2) is 24.3 Å². The van der Waals surface area contributed by atoms with Crippen molar-refractivity contribution in [1.82, 2.24) is 4.90 Å². The fourth-order valence-electron chi connectivity index (χ4n) is 2.47. The second-order valence-electron chi connectivity index (χ2n) is 6.46. The lowest BCUT2D eigenvalue weighted by Crippen LogP contribution is -2.42. The number of ether oxygens (including phenoxy) is 2. The number of hydrogen-bond acceptors (Lipinski definition) is 4. The van der Waals surface area contributed by atoms with E-state index in [0.29, 0.717) is 19.4 Å². The van der Waals surface area contributed by atoms with Crippen molar-refractivity contribution < 1.29 is 19.1 Å². The molecule has 0 unspecified atom stereocenters. The number of benzene rings is 1. The van der Waals surface area contributed by atoms with Crippen LogP contribution in [0.5, 0.6) is 5.75 Å². The van der Waals surface area contributed by atoms with Crippen LogP contribution in [0.3, 0.4) is 0 Å². The van der Waals surface area contributed by atoms with E-state index in [1.165, 1.54) is 4.90 Å². The maximum absolute atomic E-state index is 12.2. The van der Waals surface area contributed by atoms with Gasteiger partial charge in [0.15, 0.2) is 5.78 Å². The molecule has 1 aliphatic heterocycles. The van der Waals surface area contributed by atoms with Crippen molar-refractivity contribution in [2.45, 2.75) is 45.3 Å². The standard InChI is InChI=1S/C17H23NO4/c1-17(2,3)22-16(20)18-10-9-15(19)14(18)11-12-5-7-13(21-4)8-6-12/h5-8,14H,9-11H2,1-4H3/t14-/m1/s1.